The lowest BCUT2D eigenvalue weighted by Gasteiger charge is -2.24. The molecule has 0 atom stereocenters. The summed E-state index contributed by atoms with van der Waals surface area (Å²) in [5, 5.41) is 15.1. The van der Waals surface area contributed by atoms with Crippen LogP contribution in [0.4, 0.5) is 5.69 Å². The highest BCUT2D eigenvalue weighted by Crippen LogP contribution is 2.25. The molecule has 0 unspecified atom stereocenters. The van der Waals surface area contributed by atoms with Crippen LogP contribution >= 0.6 is 0 Å². The largest absolute Gasteiger partial charge is 0.471 e. The summed E-state index contributed by atoms with van der Waals surface area (Å²) in [7, 11) is -1.14. The second-order valence-corrected chi connectivity index (χ2v) is 12.3. The Labute approximate surface area is 130 Å². The molecule has 0 aliphatic carbocycles. The Morgan fingerprint density at radius 1 is 1.50 bits per heavy atom. The second kappa shape index (κ2) is 7.21. The summed E-state index contributed by atoms with van der Waals surface area (Å²) < 4.78 is 17.4. The summed E-state index contributed by atoms with van der Waals surface area (Å²) in [6.07, 6.45) is 1.35. The van der Waals surface area contributed by atoms with E-state index in [9.17, 15) is 10.1 Å². The molecule has 0 saturated carbocycles. The Kier molecular flexibility index (Phi) is 5.54. The van der Waals surface area contributed by atoms with Gasteiger partial charge in [-0.15, -0.1) is 5.10 Å². The van der Waals surface area contributed by atoms with Crippen molar-refractivity contribution in [2.45, 2.75) is 32.4 Å². The number of hydrogen-bond acceptors (Lipinski definition) is 6. The maximum atomic E-state index is 11.0. The van der Waals surface area contributed by atoms with Gasteiger partial charge in [0.05, 0.1) is 24.7 Å². The average Bonchev–Trinajstić information content (AvgIpc) is 2.75. The molecule has 2 heterocycles. The lowest BCUT2D eigenvalue weighted by Crippen LogP contribution is -2.32. The van der Waals surface area contributed by atoms with Gasteiger partial charge in [-0.3, -0.25) is 10.1 Å². The van der Waals surface area contributed by atoms with Gasteiger partial charge in [-0.25, -0.2) is 4.68 Å². The molecular formula is C13H23N3O5Si. The first kappa shape index (κ1) is 16.9. The van der Waals surface area contributed by atoms with Crippen LogP contribution in [0.2, 0.25) is 25.7 Å². The molecule has 2 rings (SSSR count). The van der Waals surface area contributed by atoms with Crippen molar-refractivity contribution < 1.29 is 19.1 Å². The summed E-state index contributed by atoms with van der Waals surface area (Å²) >= 11 is 0. The van der Waals surface area contributed by atoms with Gasteiger partial charge in [-0.2, -0.15) is 0 Å². The van der Waals surface area contributed by atoms with Crippen molar-refractivity contribution in [2.24, 2.45) is 5.92 Å². The van der Waals surface area contributed by atoms with Gasteiger partial charge in [0.25, 0.3) is 0 Å². The molecule has 124 valence electrons. The normalized spacial score (nSPS) is 15.6. The fraction of sp³-hybridized carbons (Fsp3) is 0.769. The lowest BCUT2D eigenvalue weighted by atomic mass is 10.1. The highest BCUT2D eigenvalue weighted by Gasteiger charge is 2.25. The minimum Gasteiger partial charge on any atom is -0.471 e. The van der Waals surface area contributed by atoms with Gasteiger partial charge in [-0.1, -0.05) is 19.6 Å². The zero-order chi connectivity index (χ0) is 16.2. The molecule has 0 aromatic carbocycles. The molecule has 1 saturated heterocycles. The van der Waals surface area contributed by atoms with Gasteiger partial charge in [0.1, 0.15) is 12.9 Å². The van der Waals surface area contributed by atoms with Crippen LogP contribution in [-0.4, -0.2) is 49.2 Å². The van der Waals surface area contributed by atoms with Gasteiger partial charge in [0, 0.05) is 20.6 Å². The molecule has 1 aliphatic heterocycles. The average molecular weight is 329 g/mol. The van der Waals surface area contributed by atoms with Gasteiger partial charge in [0.15, 0.2) is 0 Å². The van der Waals surface area contributed by atoms with E-state index in [1.807, 2.05) is 0 Å². The fourth-order valence-electron chi connectivity index (χ4n) is 1.80. The highest BCUT2D eigenvalue weighted by atomic mass is 28.3. The Hall–Kier alpha value is -1.45. The van der Waals surface area contributed by atoms with Crippen LogP contribution in [0.15, 0.2) is 6.20 Å². The minimum atomic E-state index is -1.14. The molecule has 9 heteroatoms. The smallest absolute Gasteiger partial charge is 0.350 e. The van der Waals surface area contributed by atoms with Crippen LogP contribution in [0, 0.1) is 16.0 Å². The van der Waals surface area contributed by atoms with Crippen LogP contribution in [0.5, 0.6) is 5.88 Å². The van der Waals surface area contributed by atoms with Gasteiger partial charge in [0.2, 0.25) is 0 Å². The lowest BCUT2D eigenvalue weighted by molar-refractivity contribution is -0.386. The zero-order valence-electron chi connectivity index (χ0n) is 13.3. The van der Waals surface area contributed by atoms with Gasteiger partial charge in [-0.05, 0) is 6.04 Å². The van der Waals surface area contributed by atoms with E-state index in [-0.39, 0.29) is 24.2 Å². The first-order valence-electron chi connectivity index (χ1n) is 7.35. The number of rotatable bonds is 9. The van der Waals surface area contributed by atoms with Crippen LogP contribution in [0.3, 0.4) is 0 Å². The van der Waals surface area contributed by atoms with Crippen LogP contribution in [0.1, 0.15) is 0 Å². The molecule has 0 amide bonds. The predicted molar refractivity (Wildman–Crippen MR) is 82.8 cm³/mol. The molecule has 0 bridgehead atoms. The maximum Gasteiger partial charge on any atom is 0.350 e. The predicted octanol–water partition coefficient (Wildman–Crippen LogP) is 2.13. The number of nitro groups is 1. The standard InChI is InChI=1S/C13H23N3O5Si/c1-22(2,3)5-4-19-10-15-6-12(16(17)18)13(14-15)21-9-11-7-20-8-11/h6,11H,4-5,7-10H2,1-3H3. The van der Waals surface area contributed by atoms with E-state index in [2.05, 4.69) is 24.7 Å². The van der Waals surface area contributed by atoms with Crippen LogP contribution in [-0.2, 0) is 16.2 Å². The molecule has 1 aliphatic rings. The Morgan fingerprint density at radius 3 is 2.77 bits per heavy atom. The van der Waals surface area contributed by atoms with Crippen molar-refractivity contribution in [1.29, 1.82) is 0 Å². The summed E-state index contributed by atoms with van der Waals surface area (Å²) in [5.74, 6) is 0.337. The van der Waals surface area contributed by atoms with E-state index in [4.69, 9.17) is 14.2 Å². The fourth-order valence-corrected chi connectivity index (χ4v) is 2.56. The number of ether oxygens (including phenoxy) is 3. The molecule has 1 aromatic rings. The third kappa shape index (κ3) is 5.07. The molecule has 0 spiro atoms. The third-order valence-corrected chi connectivity index (χ3v) is 4.99. The summed E-state index contributed by atoms with van der Waals surface area (Å²) in [6, 6.07) is 1.04. The first-order chi connectivity index (χ1) is 10.3. The summed E-state index contributed by atoms with van der Waals surface area (Å²) in [4.78, 5) is 10.5. The SMILES string of the molecule is C[Si](C)(C)CCOCn1cc([N+](=O)[O-])c(OCC2COC2)n1. The molecule has 0 radical (unpaired) electrons. The second-order valence-electron chi connectivity index (χ2n) is 6.68. The van der Waals surface area contributed by atoms with Crippen molar-refractivity contribution in [2.75, 3.05) is 26.4 Å². The van der Waals surface area contributed by atoms with Crippen molar-refractivity contribution in [1.82, 2.24) is 9.78 Å². The zero-order valence-corrected chi connectivity index (χ0v) is 14.3. The van der Waals surface area contributed by atoms with E-state index in [0.29, 0.717) is 26.4 Å². The molecule has 8 nitrogen and oxygen atoms in total. The van der Waals surface area contributed by atoms with Crippen molar-refractivity contribution in [3.05, 3.63) is 16.3 Å². The molecule has 1 fully saturated rings. The molecule has 0 N–H and O–H groups in total. The quantitative estimate of drug-likeness (QED) is 0.298. The number of nitrogens with zero attached hydrogens (tertiary/aromatic N) is 3. The van der Waals surface area contributed by atoms with E-state index in [1.54, 1.807) is 0 Å². The first-order valence-corrected chi connectivity index (χ1v) is 11.1. The van der Waals surface area contributed by atoms with Gasteiger partial charge >= 0.3 is 11.6 Å². The Bertz CT molecular complexity index is 510. The summed E-state index contributed by atoms with van der Waals surface area (Å²) in [5.41, 5.74) is -0.131. The topological polar surface area (TPSA) is 88.7 Å². The van der Waals surface area contributed by atoms with Crippen LogP contribution < -0.4 is 4.74 Å². The van der Waals surface area contributed by atoms with Crippen molar-refractivity contribution in [3.8, 4) is 5.88 Å². The van der Waals surface area contributed by atoms with E-state index < -0.39 is 13.0 Å². The highest BCUT2D eigenvalue weighted by molar-refractivity contribution is 6.76. The number of aromatic nitrogens is 2. The van der Waals surface area contributed by atoms with Crippen LogP contribution in [0.25, 0.3) is 0 Å². The van der Waals surface area contributed by atoms with E-state index in [0.717, 1.165) is 6.04 Å². The van der Waals surface area contributed by atoms with Gasteiger partial charge < -0.3 is 14.2 Å². The number of hydrogen-bond donors (Lipinski definition) is 0. The van der Waals surface area contributed by atoms with Crippen molar-refractivity contribution >= 4 is 13.8 Å². The van der Waals surface area contributed by atoms with E-state index in [1.165, 1.54) is 10.9 Å². The van der Waals surface area contributed by atoms with Crippen molar-refractivity contribution in [3.63, 3.8) is 0 Å². The Morgan fingerprint density at radius 2 is 2.23 bits per heavy atom. The maximum absolute atomic E-state index is 11.0. The molecule has 1 aromatic heterocycles. The minimum absolute atomic E-state index is 0.0469. The molecule has 22 heavy (non-hydrogen) atoms. The van der Waals surface area contributed by atoms with E-state index >= 15 is 0 Å². The Balaban J connectivity index is 1.86. The monoisotopic (exact) mass is 329 g/mol. The molecular weight excluding hydrogens is 306 g/mol. The summed E-state index contributed by atoms with van der Waals surface area (Å²) in [6.45, 7) is 9.29. The third-order valence-electron chi connectivity index (χ3n) is 3.29.